The Hall–Kier alpha value is -2.57. The van der Waals surface area contributed by atoms with Crippen molar-refractivity contribution in [2.75, 3.05) is 31.2 Å². The topological polar surface area (TPSA) is 84.9 Å². The number of anilines is 1. The molecule has 1 aromatic rings. The Balaban J connectivity index is 1.87. The number of hydrogen-bond donors (Lipinski definition) is 1. The molecule has 0 unspecified atom stereocenters. The second-order valence-corrected chi connectivity index (χ2v) is 6.24. The summed E-state index contributed by atoms with van der Waals surface area (Å²) in [6, 6.07) is 7.02. The number of amides is 2. The fraction of sp³-hybridized carbons (Fsp3) is 0.500. The largest absolute Gasteiger partial charge is 0.491 e. The zero-order valence-electron chi connectivity index (χ0n) is 14.6. The highest BCUT2D eigenvalue weighted by Gasteiger charge is 2.25. The molecule has 2 amide bonds. The number of hydrogen-bond acceptors (Lipinski definition) is 5. The molecule has 0 saturated carbocycles. The third kappa shape index (κ3) is 5.77. The molecule has 2 rings (SSSR count). The van der Waals surface area contributed by atoms with Gasteiger partial charge in [0.2, 0.25) is 5.91 Å². The van der Waals surface area contributed by atoms with E-state index in [-0.39, 0.29) is 38.0 Å². The maximum Gasteiger partial charge on any atom is 0.326 e. The van der Waals surface area contributed by atoms with Crippen molar-refractivity contribution in [3.63, 3.8) is 0 Å². The van der Waals surface area contributed by atoms with E-state index >= 15 is 0 Å². The van der Waals surface area contributed by atoms with Crippen molar-refractivity contribution in [1.82, 2.24) is 5.32 Å². The summed E-state index contributed by atoms with van der Waals surface area (Å²) in [6.07, 6.45) is 1.04. The number of fused-ring (bicyclic) bond motifs is 1. The van der Waals surface area contributed by atoms with E-state index in [1.54, 1.807) is 24.3 Å². The van der Waals surface area contributed by atoms with Crippen molar-refractivity contribution in [2.24, 2.45) is 5.92 Å². The summed E-state index contributed by atoms with van der Waals surface area (Å²) in [6.45, 7) is 4.33. The van der Waals surface area contributed by atoms with E-state index < -0.39 is 5.97 Å². The molecule has 0 fully saturated rings. The lowest BCUT2D eigenvalue weighted by molar-refractivity contribution is -0.147. The number of para-hydroxylation sites is 2. The molecule has 1 heterocycles. The van der Waals surface area contributed by atoms with Crippen LogP contribution < -0.4 is 15.0 Å². The average Bonchev–Trinajstić information content (AvgIpc) is 2.72. The van der Waals surface area contributed by atoms with Crippen molar-refractivity contribution in [2.45, 2.75) is 26.7 Å². The molecule has 7 nitrogen and oxygen atoms in total. The number of benzene rings is 1. The Morgan fingerprint density at radius 3 is 2.84 bits per heavy atom. The maximum absolute atomic E-state index is 12.2. The first-order chi connectivity index (χ1) is 12.0. The number of carbonyl (C=O) groups excluding carboxylic acids is 3. The molecular weight excluding hydrogens is 324 g/mol. The Labute approximate surface area is 147 Å². The van der Waals surface area contributed by atoms with E-state index in [1.807, 2.05) is 0 Å². The summed E-state index contributed by atoms with van der Waals surface area (Å²) < 4.78 is 10.5. The fourth-order valence-electron chi connectivity index (χ4n) is 2.37. The van der Waals surface area contributed by atoms with Gasteiger partial charge in [-0.1, -0.05) is 26.0 Å². The van der Waals surface area contributed by atoms with E-state index in [0.29, 0.717) is 23.9 Å². The van der Waals surface area contributed by atoms with Crippen LogP contribution in [-0.2, 0) is 19.1 Å². The van der Waals surface area contributed by atoms with E-state index in [2.05, 4.69) is 19.2 Å². The summed E-state index contributed by atoms with van der Waals surface area (Å²) >= 11 is 0. The van der Waals surface area contributed by atoms with Crippen LogP contribution in [0.3, 0.4) is 0 Å². The third-order valence-corrected chi connectivity index (χ3v) is 3.73. The number of nitrogens with zero attached hydrogens (tertiary/aromatic N) is 1. The number of esters is 1. The SMILES string of the molecule is CC(C)CCNC(=O)COC(=O)CN1C(=O)CCOc2ccccc21. The highest BCUT2D eigenvalue weighted by atomic mass is 16.5. The van der Waals surface area contributed by atoms with Crippen LogP contribution in [0.25, 0.3) is 0 Å². The summed E-state index contributed by atoms with van der Waals surface area (Å²) in [5, 5.41) is 2.69. The quantitative estimate of drug-likeness (QED) is 0.755. The maximum atomic E-state index is 12.2. The van der Waals surface area contributed by atoms with Gasteiger partial charge in [-0.15, -0.1) is 0 Å². The van der Waals surface area contributed by atoms with E-state index in [0.717, 1.165) is 6.42 Å². The molecule has 1 aliphatic rings. The minimum absolute atomic E-state index is 0.178. The molecule has 7 heteroatoms. The van der Waals surface area contributed by atoms with Crippen molar-refractivity contribution in [1.29, 1.82) is 0 Å². The molecule has 0 aromatic heterocycles. The number of ether oxygens (including phenoxy) is 2. The van der Waals surface area contributed by atoms with Gasteiger partial charge in [0.05, 0.1) is 18.7 Å². The van der Waals surface area contributed by atoms with Gasteiger partial charge in [-0.2, -0.15) is 0 Å². The summed E-state index contributed by atoms with van der Waals surface area (Å²) in [7, 11) is 0. The van der Waals surface area contributed by atoms with Crippen LogP contribution in [0.5, 0.6) is 5.75 Å². The summed E-state index contributed by atoms with van der Waals surface area (Å²) in [5.41, 5.74) is 0.531. The Morgan fingerprint density at radius 2 is 2.08 bits per heavy atom. The van der Waals surface area contributed by atoms with Gasteiger partial charge in [-0.05, 0) is 24.5 Å². The van der Waals surface area contributed by atoms with Gasteiger partial charge in [0, 0.05) is 6.54 Å². The molecule has 136 valence electrons. The van der Waals surface area contributed by atoms with Gasteiger partial charge in [-0.25, -0.2) is 0 Å². The molecule has 1 aliphatic heterocycles. The normalized spacial score (nSPS) is 13.7. The van der Waals surface area contributed by atoms with Crippen LogP contribution in [0.2, 0.25) is 0 Å². The highest BCUT2D eigenvalue weighted by Crippen LogP contribution is 2.30. The molecule has 1 aromatic carbocycles. The molecular formula is C18H24N2O5. The predicted molar refractivity (Wildman–Crippen MR) is 92.3 cm³/mol. The van der Waals surface area contributed by atoms with Crippen molar-refractivity contribution in [3.8, 4) is 5.75 Å². The minimum atomic E-state index is -0.635. The van der Waals surface area contributed by atoms with Gasteiger partial charge in [0.1, 0.15) is 12.3 Å². The van der Waals surface area contributed by atoms with Crippen molar-refractivity contribution < 1.29 is 23.9 Å². The summed E-state index contributed by atoms with van der Waals surface area (Å²) in [5.74, 6) is -0.168. The van der Waals surface area contributed by atoms with Gasteiger partial charge >= 0.3 is 5.97 Å². The zero-order valence-corrected chi connectivity index (χ0v) is 14.6. The van der Waals surface area contributed by atoms with E-state index in [1.165, 1.54) is 4.90 Å². The molecule has 0 saturated heterocycles. The number of nitrogens with one attached hydrogen (secondary N) is 1. The molecule has 0 radical (unpaired) electrons. The monoisotopic (exact) mass is 348 g/mol. The van der Waals surface area contributed by atoms with Crippen LogP contribution in [0.1, 0.15) is 26.7 Å². The van der Waals surface area contributed by atoms with Crippen molar-refractivity contribution >= 4 is 23.5 Å². The zero-order chi connectivity index (χ0) is 18.2. The Kier molecular flexibility index (Phi) is 6.80. The van der Waals surface area contributed by atoms with Gasteiger partial charge in [-0.3, -0.25) is 19.3 Å². The van der Waals surface area contributed by atoms with Gasteiger partial charge in [0.15, 0.2) is 6.61 Å². The molecule has 25 heavy (non-hydrogen) atoms. The Bertz CT molecular complexity index is 630. The first-order valence-electron chi connectivity index (χ1n) is 8.42. The lowest BCUT2D eigenvalue weighted by Crippen LogP contribution is -2.37. The third-order valence-electron chi connectivity index (χ3n) is 3.73. The number of rotatable bonds is 7. The standard InChI is InChI=1S/C18H24N2O5/c1-13(2)7-9-19-16(21)12-25-18(23)11-20-14-5-3-4-6-15(14)24-10-8-17(20)22/h3-6,13H,7-12H2,1-2H3,(H,19,21). The van der Waals surface area contributed by atoms with Crippen LogP contribution in [0.15, 0.2) is 24.3 Å². The highest BCUT2D eigenvalue weighted by molar-refractivity contribution is 5.99. The van der Waals surface area contributed by atoms with Crippen LogP contribution in [0, 0.1) is 5.92 Å². The van der Waals surface area contributed by atoms with E-state index in [9.17, 15) is 14.4 Å². The summed E-state index contributed by atoms with van der Waals surface area (Å²) in [4.78, 5) is 37.2. The average molecular weight is 348 g/mol. The van der Waals surface area contributed by atoms with Gasteiger partial charge < -0.3 is 14.8 Å². The van der Waals surface area contributed by atoms with E-state index in [4.69, 9.17) is 9.47 Å². The van der Waals surface area contributed by atoms with Gasteiger partial charge in [0.25, 0.3) is 5.91 Å². The smallest absolute Gasteiger partial charge is 0.326 e. The Morgan fingerprint density at radius 1 is 1.32 bits per heavy atom. The molecule has 1 N–H and O–H groups in total. The lowest BCUT2D eigenvalue weighted by atomic mass is 10.1. The second-order valence-electron chi connectivity index (χ2n) is 6.24. The minimum Gasteiger partial charge on any atom is -0.491 e. The second kappa shape index (κ2) is 9.05. The molecule has 0 spiro atoms. The molecule has 0 aliphatic carbocycles. The van der Waals surface area contributed by atoms with Crippen LogP contribution in [-0.4, -0.2) is 44.1 Å². The first-order valence-corrected chi connectivity index (χ1v) is 8.42. The van der Waals surface area contributed by atoms with Crippen molar-refractivity contribution in [3.05, 3.63) is 24.3 Å². The molecule has 0 bridgehead atoms. The lowest BCUT2D eigenvalue weighted by Gasteiger charge is -2.20. The predicted octanol–water partition coefficient (Wildman–Crippen LogP) is 1.51. The molecule has 0 atom stereocenters. The van der Waals surface area contributed by atoms with Crippen LogP contribution in [0.4, 0.5) is 5.69 Å². The van der Waals surface area contributed by atoms with Crippen LogP contribution >= 0.6 is 0 Å². The number of carbonyl (C=O) groups is 3. The fourth-order valence-corrected chi connectivity index (χ4v) is 2.37. The first kappa shape index (κ1) is 18.8.